The number of rotatable bonds is 7. The molecule has 12 rings (SSSR count). The summed E-state index contributed by atoms with van der Waals surface area (Å²) < 4.78 is 0. The molecule has 0 unspecified atom stereocenters. The lowest BCUT2D eigenvalue weighted by Gasteiger charge is -2.34. The van der Waals surface area contributed by atoms with Crippen LogP contribution in [0, 0.1) is 0 Å². The summed E-state index contributed by atoms with van der Waals surface area (Å²) in [6.07, 6.45) is 0. The summed E-state index contributed by atoms with van der Waals surface area (Å²) in [5, 5.41) is 4.79. The van der Waals surface area contributed by atoms with Crippen LogP contribution in [0.5, 0.6) is 0 Å². The van der Waals surface area contributed by atoms with Crippen LogP contribution in [0.4, 0.5) is 0 Å². The highest BCUT2D eigenvalue weighted by molar-refractivity contribution is 6.04. The number of hydrogen-bond donors (Lipinski definition) is 0. The largest absolute Gasteiger partial charge is 0.228 e. The summed E-state index contributed by atoms with van der Waals surface area (Å²) in [5.74, 6) is 0.710. The fourth-order valence-electron chi connectivity index (χ4n) is 10.0. The maximum absolute atomic E-state index is 5.19. The molecule has 1 aliphatic carbocycles. The van der Waals surface area contributed by atoms with Gasteiger partial charge >= 0.3 is 0 Å². The minimum absolute atomic E-state index is 0.486. The average molecular weight is 801 g/mol. The molecule has 63 heavy (non-hydrogen) atoms. The highest BCUT2D eigenvalue weighted by atomic mass is 14.9. The van der Waals surface area contributed by atoms with E-state index in [0.29, 0.717) is 5.82 Å². The molecule has 0 amide bonds. The van der Waals surface area contributed by atoms with Crippen molar-refractivity contribution in [3.63, 3.8) is 0 Å². The molecule has 0 saturated carbocycles. The lowest BCUT2D eigenvalue weighted by Crippen LogP contribution is -2.28. The first-order valence-electron chi connectivity index (χ1n) is 21.6. The third-order valence-corrected chi connectivity index (χ3v) is 13.0. The van der Waals surface area contributed by atoms with Crippen molar-refractivity contribution >= 4 is 21.5 Å². The standard InChI is InChI=1S/C61H40N2/c1-5-17-43(18-6-1)58-40-59(44-19-7-2-8-20-44)63-60(62-58)54-36-35-50(51-27-15-16-28-52(51)54)42-31-29-41(30-32-42)47-33-34-53-55-37-45-21-13-14-22-46(45)38-57(55)61(56(53)39-47,48-23-9-3-10-24-48)49-25-11-4-12-26-49/h1-40H. The second-order valence-electron chi connectivity index (χ2n) is 16.5. The van der Waals surface area contributed by atoms with Gasteiger partial charge in [0, 0.05) is 16.7 Å². The van der Waals surface area contributed by atoms with E-state index in [9.17, 15) is 0 Å². The van der Waals surface area contributed by atoms with Crippen molar-refractivity contribution in [1.82, 2.24) is 9.97 Å². The number of fused-ring (bicyclic) bond motifs is 5. The molecule has 0 N–H and O–H groups in total. The van der Waals surface area contributed by atoms with E-state index in [1.807, 2.05) is 12.1 Å². The Morgan fingerprint density at radius 1 is 0.270 bits per heavy atom. The maximum Gasteiger partial charge on any atom is 0.161 e. The van der Waals surface area contributed by atoms with Crippen molar-refractivity contribution in [2.75, 3.05) is 0 Å². The smallest absolute Gasteiger partial charge is 0.161 e. The zero-order chi connectivity index (χ0) is 41.7. The van der Waals surface area contributed by atoms with Gasteiger partial charge < -0.3 is 0 Å². The predicted molar refractivity (Wildman–Crippen MR) is 262 cm³/mol. The van der Waals surface area contributed by atoms with Gasteiger partial charge in [-0.2, -0.15) is 0 Å². The first kappa shape index (κ1) is 36.6. The highest BCUT2D eigenvalue weighted by Crippen LogP contribution is 2.57. The van der Waals surface area contributed by atoms with Crippen LogP contribution in [-0.4, -0.2) is 9.97 Å². The Bertz CT molecular complexity index is 3370. The molecule has 0 saturated heterocycles. The number of nitrogens with zero attached hydrogens (tertiary/aromatic N) is 2. The summed E-state index contributed by atoms with van der Waals surface area (Å²) in [6, 6.07) is 87.8. The van der Waals surface area contributed by atoms with Gasteiger partial charge in [0.15, 0.2) is 5.82 Å². The molecule has 0 fully saturated rings. The van der Waals surface area contributed by atoms with E-state index < -0.39 is 5.41 Å². The Balaban J connectivity index is 0.970. The summed E-state index contributed by atoms with van der Waals surface area (Å²) >= 11 is 0. The second kappa shape index (κ2) is 15.1. The lowest BCUT2D eigenvalue weighted by atomic mass is 9.67. The Kier molecular flexibility index (Phi) is 8.76. The van der Waals surface area contributed by atoms with Gasteiger partial charge in [0.1, 0.15) is 0 Å². The molecule has 1 aliphatic rings. The van der Waals surface area contributed by atoms with E-state index in [4.69, 9.17) is 9.97 Å². The van der Waals surface area contributed by atoms with E-state index >= 15 is 0 Å². The third kappa shape index (κ3) is 6.10. The second-order valence-corrected chi connectivity index (χ2v) is 16.5. The SMILES string of the molecule is c1ccc(-c2cc(-c3ccccc3)nc(-c3ccc(-c4ccc(-c5ccc6c(c5)C(c5ccccc5)(c5ccccc5)c5cc7ccccc7cc5-6)cc4)c4ccccc34)n2)cc1. The Hall–Kier alpha value is -8.20. The number of hydrogen-bond acceptors (Lipinski definition) is 2. The molecule has 1 aromatic heterocycles. The monoisotopic (exact) mass is 800 g/mol. The topological polar surface area (TPSA) is 25.8 Å². The molecule has 0 bridgehead atoms. The van der Waals surface area contributed by atoms with E-state index in [1.54, 1.807) is 0 Å². The molecule has 294 valence electrons. The van der Waals surface area contributed by atoms with Gasteiger partial charge in [-0.1, -0.05) is 212 Å². The molecule has 0 aliphatic heterocycles. The van der Waals surface area contributed by atoms with Gasteiger partial charge in [-0.15, -0.1) is 0 Å². The first-order valence-corrected chi connectivity index (χ1v) is 21.6. The zero-order valence-corrected chi connectivity index (χ0v) is 34.5. The number of benzene rings is 10. The van der Waals surface area contributed by atoms with Crippen molar-refractivity contribution in [1.29, 1.82) is 0 Å². The van der Waals surface area contributed by atoms with Gasteiger partial charge in [-0.05, 0) is 108 Å². The van der Waals surface area contributed by atoms with Crippen LogP contribution in [0.25, 0.3) is 88.8 Å². The molecule has 2 nitrogen and oxygen atoms in total. The van der Waals surface area contributed by atoms with Gasteiger partial charge in [0.25, 0.3) is 0 Å². The molecule has 0 atom stereocenters. The molecule has 10 aromatic carbocycles. The highest BCUT2D eigenvalue weighted by Gasteiger charge is 2.46. The van der Waals surface area contributed by atoms with Gasteiger partial charge in [-0.3, -0.25) is 0 Å². The average Bonchev–Trinajstić information content (AvgIpc) is 3.65. The van der Waals surface area contributed by atoms with Crippen LogP contribution in [0.3, 0.4) is 0 Å². The Labute approximate surface area is 367 Å². The quantitative estimate of drug-likeness (QED) is 0.160. The zero-order valence-electron chi connectivity index (χ0n) is 34.5. The molecular formula is C61H40N2. The summed E-state index contributed by atoms with van der Waals surface area (Å²) in [4.78, 5) is 10.4. The molecule has 0 spiro atoms. The normalized spacial score (nSPS) is 12.6. The van der Waals surface area contributed by atoms with Crippen LogP contribution in [0.15, 0.2) is 243 Å². The Morgan fingerprint density at radius 3 is 1.32 bits per heavy atom. The van der Waals surface area contributed by atoms with Crippen molar-refractivity contribution < 1.29 is 0 Å². The first-order chi connectivity index (χ1) is 31.2. The Morgan fingerprint density at radius 2 is 0.714 bits per heavy atom. The minimum Gasteiger partial charge on any atom is -0.228 e. The maximum atomic E-state index is 5.19. The molecule has 0 radical (unpaired) electrons. The van der Waals surface area contributed by atoms with Crippen molar-refractivity contribution in [2.24, 2.45) is 0 Å². The van der Waals surface area contributed by atoms with Crippen LogP contribution in [0.1, 0.15) is 22.3 Å². The van der Waals surface area contributed by atoms with E-state index in [0.717, 1.165) is 44.4 Å². The van der Waals surface area contributed by atoms with Gasteiger partial charge in [0.2, 0.25) is 0 Å². The van der Waals surface area contributed by atoms with Crippen molar-refractivity contribution in [3.05, 3.63) is 265 Å². The summed E-state index contributed by atoms with van der Waals surface area (Å²) in [6.45, 7) is 0. The van der Waals surface area contributed by atoms with Crippen LogP contribution in [-0.2, 0) is 5.41 Å². The number of aromatic nitrogens is 2. The predicted octanol–water partition coefficient (Wildman–Crippen LogP) is 15.5. The van der Waals surface area contributed by atoms with Crippen molar-refractivity contribution in [2.45, 2.75) is 5.41 Å². The van der Waals surface area contributed by atoms with E-state index in [1.165, 1.54) is 60.8 Å². The third-order valence-electron chi connectivity index (χ3n) is 13.0. The minimum atomic E-state index is -0.486. The summed E-state index contributed by atoms with van der Waals surface area (Å²) in [5.41, 5.74) is 16.9. The fourth-order valence-corrected chi connectivity index (χ4v) is 10.0. The van der Waals surface area contributed by atoms with Crippen LogP contribution < -0.4 is 0 Å². The van der Waals surface area contributed by atoms with Gasteiger partial charge in [0.05, 0.1) is 16.8 Å². The van der Waals surface area contributed by atoms with E-state index in [-0.39, 0.29) is 0 Å². The van der Waals surface area contributed by atoms with Crippen molar-refractivity contribution in [3.8, 4) is 67.3 Å². The fraction of sp³-hybridized carbons (Fsp3) is 0.0164. The molecule has 1 heterocycles. The molecular weight excluding hydrogens is 761 g/mol. The van der Waals surface area contributed by atoms with Crippen LogP contribution in [0.2, 0.25) is 0 Å². The summed E-state index contributed by atoms with van der Waals surface area (Å²) in [7, 11) is 0. The molecule has 2 heteroatoms. The van der Waals surface area contributed by atoms with Gasteiger partial charge in [-0.25, -0.2) is 9.97 Å². The molecule has 11 aromatic rings. The lowest BCUT2D eigenvalue weighted by molar-refractivity contribution is 0.770. The van der Waals surface area contributed by atoms with Crippen LogP contribution >= 0.6 is 0 Å². The van der Waals surface area contributed by atoms with E-state index in [2.05, 4.69) is 231 Å².